The molecular formula is C19H18N4O3. The maximum absolute atomic E-state index is 12.4. The van der Waals surface area contributed by atoms with Crippen molar-refractivity contribution in [2.24, 2.45) is 0 Å². The van der Waals surface area contributed by atoms with Crippen molar-refractivity contribution in [2.45, 2.75) is 20.0 Å². The number of aryl methyl sites for hydroxylation is 1. The first-order valence-electron chi connectivity index (χ1n) is 8.37. The zero-order chi connectivity index (χ0) is 18.1. The van der Waals surface area contributed by atoms with Gasteiger partial charge < -0.3 is 15.0 Å². The van der Waals surface area contributed by atoms with Crippen LogP contribution >= 0.6 is 0 Å². The van der Waals surface area contributed by atoms with Crippen molar-refractivity contribution in [2.75, 3.05) is 11.9 Å². The summed E-state index contributed by atoms with van der Waals surface area (Å²) < 4.78 is 5.53. The minimum Gasteiger partial charge on any atom is -0.376 e. The van der Waals surface area contributed by atoms with E-state index in [0.717, 1.165) is 28.9 Å². The number of ether oxygens (including phenoxy) is 1. The van der Waals surface area contributed by atoms with Crippen LogP contribution in [0.3, 0.4) is 0 Å². The third-order valence-corrected chi connectivity index (χ3v) is 4.33. The summed E-state index contributed by atoms with van der Waals surface area (Å²) in [4.78, 5) is 26.6. The van der Waals surface area contributed by atoms with Gasteiger partial charge in [0.25, 0.3) is 5.91 Å². The van der Waals surface area contributed by atoms with E-state index < -0.39 is 0 Å². The van der Waals surface area contributed by atoms with Gasteiger partial charge in [-0.05, 0) is 25.1 Å². The standard InChI is InChI=1S/C19H18N4O3/c1-11-7-13(9-17(24)20-11)19(25)21-14-4-2-3-12(8-14)18-15-10-26-6-5-16(15)22-23-18/h2-4,7-9H,5-6,10H2,1H3,(H,20,24)(H,21,25)(H,22,23). The van der Waals surface area contributed by atoms with Crippen molar-refractivity contribution in [1.82, 2.24) is 15.2 Å². The van der Waals surface area contributed by atoms with Gasteiger partial charge in [0.15, 0.2) is 0 Å². The fraction of sp³-hybridized carbons (Fsp3) is 0.211. The van der Waals surface area contributed by atoms with Crippen molar-refractivity contribution in [3.63, 3.8) is 0 Å². The van der Waals surface area contributed by atoms with Crippen LogP contribution in [0.1, 0.15) is 27.3 Å². The molecule has 0 bridgehead atoms. The topological polar surface area (TPSA) is 99.9 Å². The number of hydrogen-bond acceptors (Lipinski definition) is 4. The molecule has 3 aromatic rings. The second-order valence-electron chi connectivity index (χ2n) is 6.28. The molecule has 1 aliphatic heterocycles. The number of amides is 1. The minimum atomic E-state index is -0.330. The highest BCUT2D eigenvalue weighted by atomic mass is 16.5. The minimum absolute atomic E-state index is 0.299. The number of nitrogens with zero attached hydrogens (tertiary/aromatic N) is 1. The van der Waals surface area contributed by atoms with Crippen LogP contribution in [0.2, 0.25) is 0 Å². The fourth-order valence-electron chi connectivity index (χ4n) is 3.11. The molecule has 0 fully saturated rings. The highest BCUT2D eigenvalue weighted by molar-refractivity contribution is 6.04. The molecule has 0 saturated carbocycles. The Hall–Kier alpha value is -3.19. The monoisotopic (exact) mass is 350 g/mol. The molecule has 0 unspecified atom stereocenters. The largest absolute Gasteiger partial charge is 0.376 e. The SMILES string of the molecule is Cc1cc(C(=O)Nc2cccc(-c3n[nH]c4c3COCC4)c2)cc(=O)[nH]1. The molecule has 0 spiro atoms. The van der Waals surface area contributed by atoms with E-state index in [9.17, 15) is 9.59 Å². The molecule has 0 atom stereocenters. The lowest BCUT2D eigenvalue weighted by atomic mass is 10.0. The zero-order valence-corrected chi connectivity index (χ0v) is 14.3. The highest BCUT2D eigenvalue weighted by Crippen LogP contribution is 2.29. The first-order chi connectivity index (χ1) is 12.6. The van der Waals surface area contributed by atoms with Crippen molar-refractivity contribution in [1.29, 1.82) is 0 Å². The average molecular weight is 350 g/mol. The van der Waals surface area contributed by atoms with Crippen molar-refractivity contribution in [3.8, 4) is 11.3 Å². The molecule has 0 aliphatic carbocycles. The van der Waals surface area contributed by atoms with E-state index >= 15 is 0 Å². The highest BCUT2D eigenvalue weighted by Gasteiger charge is 2.18. The second-order valence-corrected chi connectivity index (χ2v) is 6.28. The van der Waals surface area contributed by atoms with Gasteiger partial charge in [-0.3, -0.25) is 14.7 Å². The van der Waals surface area contributed by atoms with Crippen LogP contribution in [0, 0.1) is 6.92 Å². The number of nitrogens with one attached hydrogen (secondary N) is 3. The molecule has 4 rings (SSSR count). The van der Waals surface area contributed by atoms with Gasteiger partial charge in [-0.25, -0.2) is 0 Å². The lowest BCUT2D eigenvalue weighted by Gasteiger charge is -2.13. The Labute approximate surface area is 149 Å². The Balaban J connectivity index is 1.61. The van der Waals surface area contributed by atoms with Gasteiger partial charge >= 0.3 is 0 Å². The Morgan fingerprint density at radius 2 is 2.15 bits per heavy atom. The number of benzene rings is 1. The summed E-state index contributed by atoms with van der Waals surface area (Å²) in [5.41, 5.74) is 5.19. The molecule has 3 heterocycles. The third kappa shape index (κ3) is 3.16. The first kappa shape index (κ1) is 16.3. The maximum atomic E-state index is 12.4. The second kappa shape index (κ2) is 6.61. The lowest BCUT2D eigenvalue weighted by molar-refractivity contribution is 0.102. The molecule has 132 valence electrons. The number of aromatic nitrogens is 3. The Morgan fingerprint density at radius 3 is 3.00 bits per heavy atom. The first-order valence-corrected chi connectivity index (χ1v) is 8.37. The number of carbonyl (C=O) groups excluding carboxylic acids is 1. The number of hydrogen-bond donors (Lipinski definition) is 3. The zero-order valence-electron chi connectivity index (χ0n) is 14.3. The molecule has 1 aliphatic rings. The van der Waals surface area contributed by atoms with E-state index in [1.807, 2.05) is 18.2 Å². The average Bonchev–Trinajstić information content (AvgIpc) is 3.05. The van der Waals surface area contributed by atoms with Crippen LogP contribution in [0.25, 0.3) is 11.3 Å². The maximum Gasteiger partial charge on any atom is 0.255 e. The predicted octanol–water partition coefficient (Wildman–Crippen LogP) is 2.40. The Bertz CT molecular complexity index is 1040. The molecule has 1 amide bonds. The quantitative estimate of drug-likeness (QED) is 0.675. The van der Waals surface area contributed by atoms with Crippen molar-refractivity contribution >= 4 is 11.6 Å². The number of H-pyrrole nitrogens is 2. The van der Waals surface area contributed by atoms with E-state index in [1.165, 1.54) is 6.07 Å². The summed E-state index contributed by atoms with van der Waals surface area (Å²) in [6.07, 6.45) is 0.820. The molecule has 7 nitrogen and oxygen atoms in total. The molecule has 0 radical (unpaired) electrons. The van der Waals surface area contributed by atoms with Gasteiger partial charge in [-0.2, -0.15) is 5.10 Å². The van der Waals surface area contributed by atoms with Gasteiger partial charge in [0.2, 0.25) is 5.56 Å². The molecule has 7 heteroatoms. The van der Waals surface area contributed by atoms with E-state index in [4.69, 9.17) is 4.74 Å². The summed E-state index contributed by atoms with van der Waals surface area (Å²) in [7, 11) is 0. The summed E-state index contributed by atoms with van der Waals surface area (Å²) >= 11 is 0. The molecule has 3 N–H and O–H groups in total. The number of rotatable bonds is 3. The van der Waals surface area contributed by atoms with Gasteiger partial charge in [0, 0.05) is 46.3 Å². The van der Waals surface area contributed by atoms with E-state index in [-0.39, 0.29) is 11.5 Å². The van der Waals surface area contributed by atoms with Crippen molar-refractivity contribution in [3.05, 3.63) is 69.3 Å². The van der Waals surface area contributed by atoms with Gasteiger partial charge in [-0.15, -0.1) is 0 Å². The predicted molar refractivity (Wildman–Crippen MR) is 97.1 cm³/mol. The summed E-state index contributed by atoms with van der Waals surface area (Å²) in [6, 6.07) is 10.4. The van der Waals surface area contributed by atoms with E-state index in [2.05, 4.69) is 20.5 Å². The normalized spacial score (nSPS) is 13.3. The molecular weight excluding hydrogens is 332 g/mol. The van der Waals surface area contributed by atoms with Gasteiger partial charge in [0.1, 0.15) is 0 Å². The van der Waals surface area contributed by atoms with Gasteiger partial charge in [0.05, 0.1) is 18.9 Å². The Morgan fingerprint density at radius 1 is 1.27 bits per heavy atom. The molecule has 1 aromatic carbocycles. The number of anilines is 1. The Kier molecular flexibility index (Phi) is 4.14. The van der Waals surface area contributed by atoms with E-state index in [0.29, 0.717) is 30.2 Å². The fourth-order valence-corrected chi connectivity index (χ4v) is 3.11. The van der Waals surface area contributed by atoms with Crippen LogP contribution in [-0.2, 0) is 17.8 Å². The lowest BCUT2D eigenvalue weighted by Crippen LogP contribution is -2.16. The molecule has 0 saturated heterocycles. The van der Waals surface area contributed by atoms with Crippen LogP contribution in [-0.4, -0.2) is 27.7 Å². The van der Waals surface area contributed by atoms with Crippen LogP contribution in [0.5, 0.6) is 0 Å². The third-order valence-electron chi connectivity index (χ3n) is 4.33. The number of carbonyl (C=O) groups is 1. The summed E-state index contributed by atoms with van der Waals surface area (Å²) in [5, 5.41) is 10.3. The van der Waals surface area contributed by atoms with Crippen LogP contribution in [0.4, 0.5) is 5.69 Å². The summed E-state index contributed by atoms with van der Waals surface area (Å²) in [5.74, 6) is -0.330. The number of fused-ring (bicyclic) bond motifs is 1. The smallest absolute Gasteiger partial charge is 0.255 e. The van der Waals surface area contributed by atoms with Gasteiger partial charge in [-0.1, -0.05) is 12.1 Å². The van der Waals surface area contributed by atoms with Crippen LogP contribution < -0.4 is 10.9 Å². The molecule has 2 aromatic heterocycles. The number of pyridine rings is 1. The molecule has 26 heavy (non-hydrogen) atoms. The van der Waals surface area contributed by atoms with Crippen molar-refractivity contribution < 1.29 is 9.53 Å². The van der Waals surface area contributed by atoms with Crippen LogP contribution in [0.15, 0.2) is 41.2 Å². The number of aromatic amines is 2. The van der Waals surface area contributed by atoms with E-state index in [1.54, 1.807) is 19.1 Å². The summed E-state index contributed by atoms with van der Waals surface area (Å²) in [6.45, 7) is 2.96.